The van der Waals surface area contributed by atoms with Crippen molar-refractivity contribution >= 4 is 11.1 Å². The predicted molar refractivity (Wildman–Crippen MR) is 52.9 cm³/mol. The van der Waals surface area contributed by atoms with Crippen LogP contribution in [-0.4, -0.2) is 4.98 Å². The molecule has 2 heteroatoms. The van der Waals surface area contributed by atoms with Crippen LogP contribution in [0.3, 0.4) is 0 Å². The molecule has 0 atom stereocenters. The van der Waals surface area contributed by atoms with Crippen molar-refractivity contribution in [3.05, 3.63) is 29.2 Å². The van der Waals surface area contributed by atoms with Crippen molar-refractivity contribution in [2.24, 2.45) is 0 Å². The number of nitrogens with zero attached hydrogens (tertiary/aromatic N) is 1. The van der Waals surface area contributed by atoms with E-state index >= 15 is 0 Å². The van der Waals surface area contributed by atoms with Crippen LogP contribution in [0.25, 0.3) is 11.1 Å². The highest BCUT2D eigenvalue weighted by molar-refractivity contribution is 5.77. The van der Waals surface area contributed by atoms with Gasteiger partial charge in [-0.15, -0.1) is 0 Å². The molecule has 13 heavy (non-hydrogen) atoms. The molecule has 0 spiro atoms. The number of fused-ring (bicyclic) bond motifs is 1. The van der Waals surface area contributed by atoms with Gasteiger partial charge in [-0.25, -0.2) is 4.98 Å². The lowest BCUT2D eigenvalue weighted by Gasteiger charge is -1.98. The molecule has 1 aromatic heterocycles. The van der Waals surface area contributed by atoms with E-state index in [1.807, 2.05) is 6.92 Å². The van der Waals surface area contributed by atoms with E-state index in [0.29, 0.717) is 0 Å². The van der Waals surface area contributed by atoms with Crippen LogP contribution < -0.4 is 0 Å². The molecule has 0 aliphatic heterocycles. The summed E-state index contributed by atoms with van der Waals surface area (Å²) in [7, 11) is 0. The van der Waals surface area contributed by atoms with Crippen molar-refractivity contribution in [1.82, 2.24) is 4.98 Å². The molecule has 0 N–H and O–H groups in total. The Labute approximate surface area is 77.6 Å². The van der Waals surface area contributed by atoms with Gasteiger partial charge in [0.25, 0.3) is 0 Å². The molecular weight excluding hydrogens is 162 g/mol. The van der Waals surface area contributed by atoms with Crippen LogP contribution in [0.15, 0.2) is 16.5 Å². The molecule has 2 rings (SSSR count). The van der Waals surface area contributed by atoms with E-state index in [4.69, 9.17) is 4.42 Å². The monoisotopic (exact) mass is 175 g/mol. The topological polar surface area (TPSA) is 26.0 Å². The van der Waals surface area contributed by atoms with Gasteiger partial charge in [0, 0.05) is 6.92 Å². The Morgan fingerprint density at radius 2 is 2.08 bits per heavy atom. The third-order valence-corrected chi connectivity index (χ3v) is 2.26. The van der Waals surface area contributed by atoms with Crippen molar-refractivity contribution in [3.8, 4) is 0 Å². The van der Waals surface area contributed by atoms with Crippen LogP contribution in [0.1, 0.15) is 23.9 Å². The SMILES string of the molecule is CCc1cc(C)c2nc(C)oc2c1. The largest absolute Gasteiger partial charge is 0.441 e. The van der Waals surface area contributed by atoms with Crippen molar-refractivity contribution < 1.29 is 4.42 Å². The summed E-state index contributed by atoms with van der Waals surface area (Å²) in [6, 6.07) is 4.24. The quantitative estimate of drug-likeness (QED) is 0.665. The highest BCUT2D eigenvalue weighted by Gasteiger charge is 2.05. The Morgan fingerprint density at radius 1 is 1.31 bits per heavy atom. The zero-order valence-electron chi connectivity index (χ0n) is 8.22. The first-order valence-electron chi connectivity index (χ1n) is 4.57. The van der Waals surface area contributed by atoms with Gasteiger partial charge in [-0.2, -0.15) is 0 Å². The van der Waals surface area contributed by atoms with Crippen molar-refractivity contribution in [3.63, 3.8) is 0 Å². The lowest BCUT2D eigenvalue weighted by Crippen LogP contribution is -1.83. The minimum absolute atomic E-state index is 0.742. The Hall–Kier alpha value is -1.31. The molecule has 0 radical (unpaired) electrons. The van der Waals surface area contributed by atoms with E-state index in [1.165, 1.54) is 11.1 Å². The molecule has 0 unspecified atom stereocenters. The maximum absolute atomic E-state index is 5.48. The lowest BCUT2D eigenvalue weighted by molar-refractivity contribution is 0.561. The third kappa shape index (κ3) is 1.32. The van der Waals surface area contributed by atoms with Gasteiger partial charge in [0.2, 0.25) is 0 Å². The van der Waals surface area contributed by atoms with Crippen LogP contribution in [0.2, 0.25) is 0 Å². The first-order valence-corrected chi connectivity index (χ1v) is 4.57. The highest BCUT2D eigenvalue weighted by Crippen LogP contribution is 2.21. The standard InChI is InChI=1S/C11H13NO/c1-4-9-5-7(2)11-10(6-9)13-8(3)12-11/h5-6H,4H2,1-3H3. The fraction of sp³-hybridized carbons (Fsp3) is 0.364. The molecule has 1 heterocycles. The number of benzene rings is 1. The Kier molecular flexibility index (Phi) is 1.83. The van der Waals surface area contributed by atoms with Crippen molar-refractivity contribution in [2.75, 3.05) is 0 Å². The van der Waals surface area contributed by atoms with Crippen LogP contribution in [-0.2, 0) is 6.42 Å². The summed E-state index contributed by atoms with van der Waals surface area (Å²) >= 11 is 0. The number of oxazole rings is 1. The molecule has 0 saturated heterocycles. The second-order valence-electron chi connectivity index (χ2n) is 3.35. The van der Waals surface area contributed by atoms with Crippen LogP contribution in [0.5, 0.6) is 0 Å². The van der Waals surface area contributed by atoms with Gasteiger partial charge in [-0.3, -0.25) is 0 Å². The maximum atomic E-state index is 5.48. The second kappa shape index (κ2) is 2.87. The molecule has 0 bridgehead atoms. The fourth-order valence-corrected chi connectivity index (χ4v) is 1.58. The van der Waals surface area contributed by atoms with E-state index in [0.717, 1.165) is 23.4 Å². The first kappa shape index (κ1) is 8.30. The number of hydrogen-bond acceptors (Lipinski definition) is 2. The van der Waals surface area contributed by atoms with Gasteiger partial charge in [0.1, 0.15) is 5.52 Å². The Balaban J connectivity index is 2.75. The predicted octanol–water partition coefficient (Wildman–Crippen LogP) is 3.01. The summed E-state index contributed by atoms with van der Waals surface area (Å²) in [5.74, 6) is 0.742. The summed E-state index contributed by atoms with van der Waals surface area (Å²) in [4.78, 5) is 4.32. The minimum Gasteiger partial charge on any atom is -0.441 e. The zero-order chi connectivity index (χ0) is 9.42. The van der Waals surface area contributed by atoms with Gasteiger partial charge < -0.3 is 4.42 Å². The molecule has 0 amide bonds. The van der Waals surface area contributed by atoms with Crippen molar-refractivity contribution in [1.29, 1.82) is 0 Å². The average Bonchev–Trinajstić information content (AvgIpc) is 2.46. The fourth-order valence-electron chi connectivity index (χ4n) is 1.58. The molecular formula is C11H13NO. The number of aromatic nitrogens is 1. The van der Waals surface area contributed by atoms with Crippen LogP contribution in [0.4, 0.5) is 0 Å². The summed E-state index contributed by atoms with van der Waals surface area (Å²) in [5.41, 5.74) is 4.41. The second-order valence-corrected chi connectivity index (χ2v) is 3.35. The molecule has 1 aromatic carbocycles. The van der Waals surface area contributed by atoms with Gasteiger partial charge in [0.15, 0.2) is 11.5 Å². The molecule has 0 aliphatic carbocycles. The van der Waals surface area contributed by atoms with E-state index in [1.54, 1.807) is 0 Å². The van der Waals surface area contributed by atoms with Gasteiger partial charge in [-0.05, 0) is 30.5 Å². The number of aryl methyl sites for hydroxylation is 3. The Bertz CT molecular complexity index is 443. The van der Waals surface area contributed by atoms with Gasteiger partial charge in [0.05, 0.1) is 0 Å². The normalized spacial score (nSPS) is 11.0. The number of hydrogen-bond donors (Lipinski definition) is 0. The van der Waals surface area contributed by atoms with Crippen molar-refractivity contribution in [2.45, 2.75) is 27.2 Å². The van der Waals surface area contributed by atoms with E-state index in [2.05, 4.69) is 31.0 Å². The Morgan fingerprint density at radius 3 is 2.77 bits per heavy atom. The van der Waals surface area contributed by atoms with Gasteiger partial charge >= 0.3 is 0 Å². The third-order valence-electron chi connectivity index (χ3n) is 2.26. The molecule has 0 fully saturated rings. The lowest BCUT2D eigenvalue weighted by atomic mass is 10.1. The van der Waals surface area contributed by atoms with Crippen LogP contribution in [0, 0.1) is 13.8 Å². The summed E-state index contributed by atoms with van der Waals surface area (Å²) in [6.07, 6.45) is 1.04. The average molecular weight is 175 g/mol. The van der Waals surface area contributed by atoms with Gasteiger partial charge in [-0.1, -0.05) is 13.0 Å². The molecule has 0 saturated carbocycles. The highest BCUT2D eigenvalue weighted by atomic mass is 16.3. The number of rotatable bonds is 1. The summed E-state index contributed by atoms with van der Waals surface area (Å²) in [6.45, 7) is 6.10. The summed E-state index contributed by atoms with van der Waals surface area (Å²) in [5, 5.41) is 0. The first-order chi connectivity index (χ1) is 6.20. The molecule has 2 aromatic rings. The molecule has 0 aliphatic rings. The van der Waals surface area contributed by atoms with E-state index in [-0.39, 0.29) is 0 Å². The smallest absolute Gasteiger partial charge is 0.192 e. The summed E-state index contributed by atoms with van der Waals surface area (Å²) < 4.78 is 5.48. The minimum atomic E-state index is 0.742. The maximum Gasteiger partial charge on any atom is 0.192 e. The zero-order valence-corrected chi connectivity index (χ0v) is 8.22. The van der Waals surface area contributed by atoms with Crippen LogP contribution >= 0.6 is 0 Å². The van der Waals surface area contributed by atoms with E-state index < -0.39 is 0 Å². The van der Waals surface area contributed by atoms with E-state index in [9.17, 15) is 0 Å². The molecule has 68 valence electrons. The molecule has 2 nitrogen and oxygen atoms in total.